The Bertz CT molecular complexity index is 162. The Morgan fingerprint density at radius 3 is 2.33 bits per heavy atom. The zero-order valence-electron chi connectivity index (χ0n) is 12.7. The van der Waals surface area contributed by atoms with E-state index in [1.807, 2.05) is 0 Å². The lowest BCUT2D eigenvalue weighted by Gasteiger charge is -2.27. The van der Waals surface area contributed by atoms with E-state index in [0.717, 1.165) is 45.8 Å². The molecule has 1 atom stereocenters. The van der Waals surface area contributed by atoms with Crippen molar-refractivity contribution in [3.05, 3.63) is 0 Å². The first-order valence-corrected chi connectivity index (χ1v) is 7.22. The van der Waals surface area contributed by atoms with E-state index in [9.17, 15) is 0 Å². The van der Waals surface area contributed by atoms with Crippen molar-refractivity contribution in [3.8, 4) is 0 Å². The smallest absolute Gasteiger partial charge is 0.0589 e. The van der Waals surface area contributed by atoms with Crippen molar-refractivity contribution in [1.29, 1.82) is 0 Å². The van der Waals surface area contributed by atoms with Crippen molar-refractivity contribution in [2.45, 2.75) is 39.2 Å². The fourth-order valence-corrected chi connectivity index (χ4v) is 2.15. The summed E-state index contributed by atoms with van der Waals surface area (Å²) in [5, 5.41) is 3.57. The summed E-state index contributed by atoms with van der Waals surface area (Å²) in [7, 11) is 3.53. The van der Waals surface area contributed by atoms with Gasteiger partial charge in [-0.25, -0.2) is 0 Å². The molecular weight excluding hydrogens is 228 g/mol. The predicted octanol–water partition coefficient (Wildman–Crippen LogP) is 1.75. The number of nitrogens with one attached hydrogen (secondary N) is 1. The highest BCUT2D eigenvalue weighted by atomic mass is 16.5. The third-order valence-electron chi connectivity index (χ3n) is 3.04. The largest absolute Gasteiger partial charge is 0.385 e. The van der Waals surface area contributed by atoms with Gasteiger partial charge in [0, 0.05) is 46.5 Å². The van der Waals surface area contributed by atoms with E-state index in [-0.39, 0.29) is 0 Å². The molecule has 0 saturated heterocycles. The molecule has 1 unspecified atom stereocenters. The molecule has 0 bridgehead atoms. The van der Waals surface area contributed by atoms with Gasteiger partial charge in [0.05, 0.1) is 6.61 Å². The average Bonchev–Trinajstić information content (AvgIpc) is 2.36. The van der Waals surface area contributed by atoms with Crippen LogP contribution in [0.5, 0.6) is 0 Å². The molecule has 18 heavy (non-hydrogen) atoms. The summed E-state index contributed by atoms with van der Waals surface area (Å²) >= 11 is 0. The van der Waals surface area contributed by atoms with Gasteiger partial charge in [-0.3, -0.25) is 4.90 Å². The Morgan fingerprint density at radius 2 is 1.78 bits per heavy atom. The van der Waals surface area contributed by atoms with Crippen LogP contribution >= 0.6 is 0 Å². The van der Waals surface area contributed by atoms with Crippen LogP contribution in [0, 0.1) is 0 Å². The third kappa shape index (κ3) is 9.83. The molecule has 0 aliphatic carbocycles. The lowest BCUT2D eigenvalue weighted by Crippen LogP contribution is -2.42. The minimum atomic E-state index is 0.597. The fraction of sp³-hybridized carbons (Fsp3) is 1.00. The Kier molecular flexibility index (Phi) is 13.2. The average molecular weight is 260 g/mol. The van der Waals surface area contributed by atoms with E-state index >= 15 is 0 Å². The van der Waals surface area contributed by atoms with E-state index in [0.29, 0.717) is 6.04 Å². The van der Waals surface area contributed by atoms with Gasteiger partial charge >= 0.3 is 0 Å². The maximum absolute atomic E-state index is 5.19. The Hall–Kier alpha value is -0.160. The first kappa shape index (κ1) is 17.8. The number of nitrogens with zero attached hydrogens (tertiary/aromatic N) is 1. The van der Waals surface area contributed by atoms with E-state index in [4.69, 9.17) is 9.47 Å². The molecular formula is C14H32N2O2. The minimum Gasteiger partial charge on any atom is -0.385 e. The molecule has 0 amide bonds. The zero-order chi connectivity index (χ0) is 13.6. The van der Waals surface area contributed by atoms with Crippen LogP contribution in [0.4, 0.5) is 0 Å². The van der Waals surface area contributed by atoms with Crippen LogP contribution in [0.1, 0.15) is 33.1 Å². The lowest BCUT2D eigenvalue weighted by atomic mass is 10.1. The second-order valence-electron chi connectivity index (χ2n) is 4.68. The maximum Gasteiger partial charge on any atom is 0.0589 e. The van der Waals surface area contributed by atoms with Crippen LogP contribution in [-0.4, -0.2) is 64.6 Å². The van der Waals surface area contributed by atoms with Crippen LogP contribution in [0.2, 0.25) is 0 Å². The molecule has 0 aromatic carbocycles. The van der Waals surface area contributed by atoms with E-state index in [2.05, 4.69) is 24.1 Å². The Balaban J connectivity index is 4.06. The maximum atomic E-state index is 5.19. The molecule has 0 rings (SSSR count). The molecule has 0 aromatic rings. The summed E-state index contributed by atoms with van der Waals surface area (Å²) in [6.07, 6.45) is 3.56. The second-order valence-corrected chi connectivity index (χ2v) is 4.68. The van der Waals surface area contributed by atoms with Gasteiger partial charge in [0.25, 0.3) is 0 Å². The van der Waals surface area contributed by atoms with Crippen molar-refractivity contribution in [2.75, 3.05) is 53.6 Å². The monoisotopic (exact) mass is 260 g/mol. The molecule has 0 saturated carbocycles. The van der Waals surface area contributed by atoms with Gasteiger partial charge in [0.1, 0.15) is 0 Å². The fourth-order valence-electron chi connectivity index (χ4n) is 2.15. The van der Waals surface area contributed by atoms with Gasteiger partial charge in [-0.15, -0.1) is 0 Å². The summed E-state index contributed by atoms with van der Waals surface area (Å²) in [6, 6.07) is 0.597. The number of hydrogen-bond acceptors (Lipinski definition) is 4. The number of hydrogen-bond donors (Lipinski definition) is 1. The van der Waals surface area contributed by atoms with Crippen LogP contribution in [0.3, 0.4) is 0 Å². The number of methoxy groups -OCH3 is 2. The van der Waals surface area contributed by atoms with E-state index in [1.165, 1.54) is 12.8 Å². The van der Waals surface area contributed by atoms with Crippen LogP contribution in [0.15, 0.2) is 0 Å². The first-order chi connectivity index (χ1) is 8.78. The molecule has 1 N–H and O–H groups in total. The second kappa shape index (κ2) is 13.3. The summed E-state index contributed by atoms with van der Waals surface area (Å²) in [4.78, 5) is 2.48. The summed E-state index contributed by atoms with van der Waals surface area (Å²) in [5.41, 5.74) is 0. The van der Waals surface area contributed by atoms with Crippen molar-refractivity contribution in [2.24, 2.45) is 0 Å². The molecule has 0 aliphatic rings. The summed E-state index contributed by atoms with van der Waals surface area (Å²) in [5.74, 6) is 0. The minimum absolute atomic E-state index is 0.597. The molecule has 0 spiro atoms. The molecule has 0 aromatic heterocycles. The Labute approximate surface area is 113 Å². The van der Waals surface area contributed by atoms with Gasteiger partial charge < -0.3 is 14.8 Å². The van der Waals surface area contributed by atoms with Gasteiger partial charge in [0.2, 0.25) is 0 Å². The van der Waals surface area contributed by atoms with Gasteiger partial charge in [-0.05, 0) is 19.4 Å². The molecule has 0 heterocycles. The summed E-state index contributed by atoms with van der Waals surface area (Å²) < 4.78 is 10.3. The molecule has 4 heteroatoms. The number of rotatable bonds is 13. The van der Waals surface area contributed by atoms with Gasteiger partial charge in [-0.1, -0.05) is 20.3 Å². The van der Waals surface area contributed by atoms with Crippen LogP contribution < -0.4 is 5.32 Å². The molecule has 110 valence electrons. The van der Waals surface area contributed by atoms with Crippen molar-refractivity contribution < 1.29 is 9.47 Å². The van der Waals surface area contributed by atoms with Crippen LogP contribution in [-0.2, 0) is 9.47 Å². The van der Waals surface area contributed by atoms with Crippen molar-refractivity contribution in [3.63, 3.8) is 0 Å². The van der Waals surface area contributed by atoms with Gasteiger partial charge in [0.15, 0.2) is 0 Å². The predicted molar refractivity (Wildman–Crippen MR) is 77.2 cm³/mol. The third-order valence-corrected chi connectivity index (χ3v) is 3.04. The number of likely N-dealkylation sites (N-methyl/N-ethyl adjacent to an activating group) is 1. The first-order valence-electron chi connectivity index (χ1n) is 7.22. The quantitative estimate of drug-likeness (QED) is 0.512. The summed E-state index contributed by atoms with van der Waals surface area (Å²) in [6.45, 7) is 10.3. The standard InChI is InChI=1S/C14H32N2O2/c1-5-8-14(15-6-2)13-16(10-12-18-4)9-7-11-17-3/h14-15H,5-13H2,1-4H3. The molecule has 0 aliphatic heterocycles. The molecule has 0 fully saturated rings. The highest BCUT2D eigenvalue weighted by molar-refractivity contribution is 4.71. The highest BCUT2D eigenvalue weighted by Crippen LogP contribution is 2.02. The van der Waals surface area contributed by atoms with E-state index in [1.54, 1.807) is 14.2 Å². The van der Waals surface area contributed by atoms with E-state index < -0.39 is 0 Å². The highest BCUT2D eigenvalue weighted by Gasteiger charge is 2.12. The molecule has 0 radical (unpaired) electrons. The zero-order valence-corrected chi connectivity index (χ0v) is 12.7. The number of ether oxygens (including phenoxy) is 2. The van der Waals surface area contributed by atoms with Gasteiger partial charge in [-0.2, -0.15) is 0 Å². The SMILES string of the molecule is CCCC(CN(CCCOC)CCOC)NCC. The lowest BCUT2D eigenvalue weighted by molar-refractivity contribution is 0.125. The topological polar surface area (TPSA) is 33.7 Å². The van der Waals surface area contributed by atoms with Crippen molar-refractivity contribution in [1.82, 2.24) is 10.2 Å². The van der Waals surface area contributed by atoms with Crippen molar-refractivity contribution >= 4 is 0 Å². The normalized spacial score (nSPS) is 13.2. The van der Waals surface area contributed by atoms with Crippen LogP contribution in [0.25, 0.3) is 0 Å². The molecule has 4 nitrogen and oxygen atoms in total. The Morgan fingerprint density at radius 1 is 1.06 bits per heavy atom.